The summed E-state index contributed by atoms with van der Waals surface area (Å²) in [5.74, 6) is 1.61. The van der Waals surface area contributed by atoms with Gasteiger partial charge in [0.05, 0.1) is 26.3 Å². The second-order valence-electron chi connectivity index (χ2n) is 9.68. The van der Waals surface area contributed by atoms with E-state index in [9.17, 15) is 9.59 Å². The standard InChI is InChI=1S/C27H34N4O4.C2H6/c1-6-31-26(33)30-17-19-15-20(34-4)16-22(35-5)24(19)18(2)14-23(30)27(31)9-12-29(13-10-27)25(32)21-8-7-11-28(21)3;1-2/h7-8,11,14-16,18H,6,9-10,12-13,17H2,1-5H3;1-2H3/t18-;/m0./s1. The van der Waals surface area contributed by atoms with Gasteiger partial charge in [-0.1, -0.05) is 26.8 Å². The Kier molecular flexibility index (Phi) is 7.57. The normalized spacial score (nSPS) is 20.0. The van der Waals surface area contributed by atoms with Crippen molar-refractivity contribution in [1.29, 1.82) is 0 Å². The zero-order valence-electron chi connectivity index (χ0n) is 23.2. The van der Waals surface area contributed by atoms with Gasteiger partial charge in [-0.2, -0.15) is 0 Å². The number of methoxy groups -OCH3 is 2. The Balaban J connectivity index is 0.00000156. The van der Waals surface area contributed by atoms with Crippen molar-refractivity contribution in [1.82, 2.24) is 19.3 Å². The van der Waals surface area contributed by atoms with Crippen LogP contribution in [0.5, 0.6) is 11.5 Å². The van der Waals surface area contributed by atoms with Crippen molar-refractivity contribution in [3.63, 3.8) is 0 Å². The van der Waals surface area contributed by atoms with E-state index >= 15 is 0 Å². The molecule has 1 aromatic carbocycles. The number of carbonyl (C=O) groups is 2. The fourth-order valence-corrected chi connectivity index (χ4v) is 6.19. The monoisotopic (exact) mass is 508 g/mol. The highest BCUT2D eigenvalue weighted by molar-refractivity contribution is 5.93. The highest BCUT2D eigenvalue weighted by atomic mass is 16.5. The number of rotatable bonds is 4. The Bertz CT molecular complexity index is 1190. The third-order valence-corrected chi connectivity index (χ3v) is 7.95. The summed E-state index contributed by atoms with van der Waals surface area (Å²) in [5, 5.41) is 0. The van der Waals surface area contributed by atoms with Crippen LogP contribution in [0.3, 0.4) is 0 Å². The van der Waals surface area contributed by atoms with E-state index in [1.807, 2.05) is 77.5 Å². The molecule has 0 radical (unpaired) electrons. The number of urea groups is 1. The number of aromatic nitrogens is 1. The van der Waals surface area contributed by atoms with E-state index < -0.39 is 5.54 Å². The molecule has 8 nitrogen and oxygen atoms in total. The van der Waals surface area contributed by atoms with E-state index in [1.54, 1.807) is 14.2 Å². The quantitative estimate of drug-likeness (QED) is 0.583. The van der Waals surface area contributed by atoms with Crippen LogP contribution in [0.25, 0.3) is 0 Å². The molecule has 0 bridgehead atoms. The minimum atomic E-state index is -0.412. The van der Waals surface area contributed by atoms with Crippen LogP contribution in [0, 0.1) is 0 Å². The van der Waals surface area contributed by atoms with Gasteiger partial charge in [0.25, 0.3) is 5.91 Å². The third kappa shape index (κ3) is 4.26. The largest absolute Gasteiger partial charge is 0.497 e. The second kappa shape index (κ2) is 10.5. The third-order valence-electron chi connectivity index (χ3n) is 7.95. The van der Waals surface area contributed by atoms with Crippen molar-refractivity contribution in [2.75, 3.05) is 33.9 Å². The summed E-state index contributed by atoms with van der Waals surface area (Å²) in [6.07, 6.45) is 5.57. The van der Waals surface area contributed by atoms with E-state index in [1.165, 1.54) is 0 Å². The molecule has 4 heterocycles. The molecule has 5 rings (SSSR count). The smallest absolute Gasteiger partial charge is 0.325 e. The van der Waals surface area contributed by atoms with Gasteiger partial charge in [-0.05, 0) is 43.5 Å². The van der Waals surface area contributed by atoms with Crippen LogP contribution in [-0.2, 0) is 13.6 Å². The average Bonchev–Trinajstić information content (AvgIpc) is 3.38. The van der Waals surface area contributed by atoms with Gasteiger partial charge in [0.1, 0.15) is 17.2 Å². The molecule has 37 heavy (non-hydrogen) atoms. The van der Waals surface area contributed by atoms with E-state index in [0.717, 1.165) is 28.3 Å². The van der Waals surface area contributed by atoms with Gasteiger partial charge in [0.2, 0.25) is 0 Å². The first-order valence-electron chi connectivity index (χ1n) is 13.3. The lowest BCUT2D eigenvalue weighted by Gasteiger charge is -2.44. The molecule has 0 saturated carbocycles. The molecule has 0 aliphatic carbocycles. The molecular formula is C29H40N4O4. The Labute approximate surface area is 220 Å². The Morgan fingerprint density at radius 1 is 1.14 bits per heavy atom. The van der Waals surface area contributed by atoms with Crippen molar-refractivity contribution < 1.29 is 19.1 Å². The number of piperidine rings is 1. The van der Waals surface area contributed by atoms with Gasteiger partial charge in [0.15, 0.2) is 0 Å². The fraction of sp³-hybridized carbons (Fsp3) is 0.517. The van der Waals surface area contributed by atoms with E-state index in [-0.39, 0.29) is 17.9 Å². The van der Waals surface area contributed by atoms with Crippen molar-refractivity contribution in [3.05, 3.63) is 59.1 Å². The van der Waals surface area contributed by atoms with Gasteiger partial charge in [-0.15, -0.1) is 0 Å². The summed E-state index contributed by atoms with van der Waals surface area (Å²) in [6.45, 7) is 10.5. The number of allylic oxidation sites excluding steroid dienone is 1. The summed E-state index contributed by atoms with van der Waals surface area (Å²) in [5.41, 5.74) is 3.47. The van der Waals surface area contributed by atoms with Gasteiger partial charge >= 0.3 is 6.03 Å². The Hall–Kier alpha value is -3.42. The summed E-state index contributed by atoms with van der Waals surface area (Å²) < 4.78 is 13.1. The minimum absolute atomic E-state index is 0.0304. The average molecular weight is 509 g/mol. The lowest BCUT2D eigenvalue weighted by molar-refractivity contribution is 0.0567. The van der Waals surface area contributed by atoms with Crippen molar-refractivity contribution >= 4 is 11.9 Å². The first-order chi connectivity index (χ1) is 17.8. The predicted molar refractivity (Wildman–Crippen MR) is 144 cm³/mol. The van der Waals surface area contributed by atoms with Crippen LogP contribution >= 0.6 is 0 Å². The second-order valence-corrected chi connectivity index (χ2v) is 9.68. The van der Waals surface area contributed by atoms with Crippen LogP contribution < -0.4 is 9.47 Å². The lowest BCUT2D eigenvalue weighted by atomic mass is 9.82. The molecule has 1 atom stereocenters. The number of hydrogen-bond acceptors (Lipinski definition) is 4. The minimum Gasteiger partial charge on any atom is -0.497 e. The van der Waals surface area contributed by atoms with Gasteiger partial charge < -0.3 is 23.8 Å². The number of ether oxygens (including phenoxy) is 2. The molecule has 2 fully saturated rings. The zero-order chi connectivity index (χ0) is 26.9. The molecule has 0 unspecified atom stereocenters. The van der Waals surface area contributed by atoms with Crippen molar-refractivity contribution in [2.24, 2.45) is 7.05 Å². The van der Waals surface area contributed by atoms with Crippen LogP contribution in [0.2, 0.25) is 0 Å². The maximum atomic E-state index is 13.7. The number of amides is 3. The van der Waals surface area contributed by atoms with E-state index in [4.69, 9.17) is 9.47 Å². The van der Waals surface area contributed by atoms with Gasteiger partial charge in [-0.25, -0.2) is 4.79 Å². The number of benzene rings is 1. The topological polar surface area (TPSA) is 67.2 Å². The first kappa shape index (κ1) is 26.6. The number of hydrogen-bond donors (Lipinski definition) is 0. The van der Waals surface area contributed by atoms with Crippen molar-refractivity contribution in [2.45, 2.75) is 58.5 Å². The SMILES string of the molecule is CC.CCN1C(=O)N2Cc3cc(OC)cc(OC)c3[C@@H](C)C=C2C12CCN(C(=O)c1cccn1C)CC2. The maximum Gasteiger partial charge on any atom is 0.325 e. The number of carbonyl (C=O) groups excluding carboxylic acids is 2. The maximum absolute atomic E-state index is 13.7. The molecule has 1 spiro atoms. The van der Waals surface area contributed by atoms with Gasteiger partial charge in [-0.3, -0.25) is 9.69 Å². The zero-order valence-corrected chi connectivity index (χ0v) is 23.2. The molecular weight excluding hydrogens is 468 g/mol. The molecule has 200 valence electrons. The number of aryl methyl sites for hydroxylation is 1. The molecule has 1 aromatic heterocycles. The molecule has 3 aliphatic rings. The highest BCUT2D eigenvalue weighted by Gasteiger charge is 2.55. The number of likely N-dealkylation sites (N-methyl/N-ethyl adjacent to an activating group) is 1. The van der Waals surface area contributed by atoms with Crippen LogP contribution in [-0.4, -0.2) is 70.6 Å². The van der Waals surface area contributed by atoms with E-state index in [0.29, 0.717) is 44.7 Å². The van der Waals surface area contributed by atoms with Crippen LogP contribution in [0.4, 0.5) is 4.79 Å². The predicted octanol–water partition coefficient (Wildman–Crippen LogP) is 5.00. The van der Waals surface area contributed by atoms with Crippen LogP contribution in [0.1, 0.15) is 68.1 Å². The lowest BCUT2D eigenvalue weighted by Crippen LogP contribution is -2.54. The first-order valence-corrected chi connectivity index (χ1v) is 13.3. The van der Waals surface area contributed by atoms with Crippen LogP contribution in [0.15, 0.2) is 42.2 Å². The summed E-state index contributed by atoms with van der Waals surface area (Å²) in [6, 6.07) is 7.71. The number of likely N-dealkylation sites (tertiary alicyclic amines) is 1. The molecule has 2 aromatic rings. The van der Waals surface area contributed by atoms with E-state index in [2.05, 4.69) is 13.0 Å². The highest BCUT2D eigenvalue weighted by Crippen LogP contribution is 2.49. The molecule has 3 aliphatic heterocycles. The Morgan fingerprint density at radius 2 is 1.84 bits per heavy atom. The van der Waals surface area contributed by atoms with Crippen molar-refractivity contribution in [3.8, 4) is 11.5 Å². The van der Waals surface area contributed by atoms with Gasteiger partial charge in [0, 0.05) is 56.1 Å². The molecule has 2 saturated heterocycles. The fourth-order valence-electron chi connectivity index (χ4n) is 6.19. The summed E-state index contributed by atoms with van der Waals surface area (Å²) in [4.78, 5) is 32.7. The number of nitrogens with zero attached hydrogens (tertiary/aromatic N) is 4. The summed E-state index contributed by atoms with van der Waals surface area (Å²) in [7, 11) is 5.21. The number of fused-ring (bicyclic) bond motifs is 3. The summed E-state index contributed by atoms with van der Waals surface area (Å²) >= 11 is 0. The Morgan fingerprint density at radius 3 is 2.41 bits per heavy atom. The molecule has 8 heteroatoms. The molecule has 3 amide bonds. The molecule has 0 N–H and O–H groups in total.